The molecular weight excluding hydrogens is 298 g/mol. The molecule has 0 saturated heterocycles. The van der Waals surface area contributed by atoms with Gasteiger partial charge in [-0.15, -0.1) is 16.9 Å². The molecule has 0 aliphatic heterocycles. The third-order valence-electron chi connectivity index (χ3n) is 3.30. The molecule has 120 valence electrons. The largest absolute Gasteiger partial charge is 0.407 e. The molecule has 1 N–H and O–H groups in total. The third-order valence-corrected chi connectivity index (χ3v) is 4.30. The summed E-state index contributed by atoms with van der Waals surface area (Å²) in [4.78, 5) is 7.53. The molecule has 0 unspecified atom stereocenters. The smallest absolute Gasteiger partial charge is 0.315 e. The molecule has 0 aromatic carbocycles. The van der Waals surface area contributed by atoms with E-state index >= 15 is 0 Å². The summed E-state index contributed by atoms with van der Waals surface area (Å²) >= 11 is 1.65. The maximum atomic E-state index is 5.58. The van der Waals surface area contributed by atoms with Gasteiger partial charge in [-0.25, -0.2) is 0 Å². The molecule has 0 atom stereocenters. The SMILES string of the molecule is CCN(CC)CCCNc1nnc(CSc2ccncc2)o1. The second-order valence-corrected chi connectivity index (χ2v) is 5.83. The van der Waals surface area contributed by atoms with Crippen LogP contribution in [0.4, 0.5) is 6.01 Å². The molecule has 0 aliphatic carbocycles. The zero-order valence-electron chi connectivity index (χ0n) is 13.2. The first kappa shape index (κ1) is 16.8. The highest BCUT2D eigenvalue weighted by Crippen LogP contribution is 2.21. The number of rotatable bonds is 10. The van der Waals surface area contributed by atoms with E-state index in [9.17, 15) is 0 Å². The van der Waals surface area contributed by atoms with Crippen molar-refractivity contribution >= 4 is 17.8 Å². The van der Waals surface area contributed by atoms with Crippen molar-refractivity contribution in [3.63, 3.8) is 0 Å². The first-order chi connectivity index (χ1) is 10.8. The van der Waals surface area contributed by atoms with Crippen LogP contribution >= 0.6 is 11.8 Å². The van der Waals surface area contributed by atoms with E-state index in [1.807, 2.05) is 12.1 Å². The van der Waals surface area contributed by atoms with Crippen LogP contribution in [0.15, 0.2) is 33.8 Å². The van der Waals surface area contributed by atoms with E-state index in [4.69, 9.17) is 4.42 Å². The molecule has 6 nitrogen and oxygen atoms in total. The number of thioether (sulfide) groups is 1. The highest BCUT2D eigenvalue weighted by Gasteiger charge is 2.06. The predicted molar refractivity (Wildman–Crippen MR) is 89.0 cm³/mol. The van der Waals surface area contributed by atoms with Crippen LogP contribution < -0.4 is 5.32 Å². The third kappa shape index (κ3) is 5.65. The molecule has 22 heavy (non-hydrogen) atoms. The fourth-order valence-electron chi connectivity index (χ4n) is 2.00. The second-order valence-electron chi connectivity index (χ2n) is 4.78. The van der Waals surface area contributed by atoms with Crippen LogP contribution in [0.2, 0.25) is 0 Å². The zero-order chi connectivity index (χ0) is 15.6. The summed E-state index contributed by atoms with van der Waals surface area (Å²) in [5, 5.41) is 11.3. The van der Waals surface area contributed by atoms with Gasteiger partial charge in [0.1, 0.15) is 0 Å². The Bertz CT molecular complexity index is 530. The molecule has 7 heteroatoms. The van der Waals surface area contributed by atoms with Gasteiger partial charge in [0.25, 0.3) is 0 Å². The van der Waals surface area contributed by atoms with Crippen molar-refractivity contribution in [1.82, 2.24) is 20.1 Å². The normalized spacial score (nSPS) is 11.0. The lowest BCUT2D eigenvalue weighted by molar-refractivity contribution is 0.302. The zero-order valence-corrected chi connectivity index (χ0v) is 14.0. The van der Waals surface area contributed by atoms with E-state index in [0.717, 1.165) is 37.5 Å². The standard InChI is InChI=1S/C15H23N5OS/c1-3-20(4-2)11-5-8-17-15-19-18-14(21-15)12-22-13-6-9-16-10-7-13/h6-7,9-10H,3-5,8,11-12H2,1-2H3,(H,17,19). The molecule has 0 spiro atoms. The first-order valence-corrected chi connectivity index (χ1v) is 8.61. The van der Waals surface area contributed by atoms with E-state index in [1.165, 1.54) is 0 Å². The molecule has 0 saturated carbocycles. The molecule has 0 fully saturated rings. The topological polar surface area (TPSA) is 67.1 Å². The van der Waals surface area contributed by atoms with Crippen LogP contribution in [0, 0.1) is 0 Å². The molecule has 2 heterocycles. The number of nitrogens with one attached hydrogen (secondary N) is 1. The number of hydrogen-bond donors (Lipinski definition) is 1. The molecule has 2 aromatic heterocycles. The molecular formula is C15H23N5OS. The van der Waals surface area contributed by atoms with Crippen LogP contribution in [-0.4, -0.2) is 46.3 Å². The Morgan fingerprint density at radius 1 is 1.18 bits per heavy atom. The summed E-state index contributed by atoms with van der Waals surface area (Å²) in [6.45, 7) is 8.47. The lowest BCUT2D eigenvalue weighted by atomic mass is 10.3. The quantitative estimate of drug-likeness (QED) is 0.533. The van der Waals surface area contributed by atoms with Crippen molar-refractivity contribution in [3.05, 3.63) is 30.4 Å². The molecule has 0 amide bonds. The van der Waals surface area contributed by atoms with Gasteiger partial charge in [-0.2, -0.15) is 0 Å². The average Bonchev–Trinajstić information content (AvgIpc) is 3.02. The predicted octanol–water partition coefficient (Wildman–Crippen LogP) is 2.90. The fourth-order valence-corrected chi connectivity index (χ4v) is 2.72. The van der Waals surface area contributed by atoms with Crippen LogP contribution in [0.3, 0.4) is 0 Å². The molecule has 0 bridgehead atoms. The number of hydrogen-bond acceptors (Lipinski definition) is 7. The van der Waals surface area contributed by atoms with Gasteiger partial charge in [0.05, 0.1) is 5.75 Å². The maximum Gasteiger partial charge on any atom is 0.315 e. The maximum absolute atomic E-state index is 5.58. The van der Waals surface area contributed by atoms with Crippen molar-refractivity contribution < 1.29 is 4.42 Å². The van der Waals surface area contributed by atoms with Gasteiger partial charge in [-0.05, 0) is 38.2 Å². The summed E-state index contributed by atoms with van der Waals surface area (Å²) in [5.74, 6) is 1.30. The fraction of sp³-hybridized carbons (Fsp3) is 0.533. The van der Waals surface area contributed by atoms with Crippen LogP contribution in [0.1, 0.15) is 26.2 Å². The van der Waals surface area contributed by atoms with Crippen molar-refractivity contribution in [2.75, 3.05) is 31.5 Å². The second kappa shape index (κ2) is 9.42. The number of nitrogens with zero attached hydrogens (tertiary/aromatic N) is 4. The van der Waals surface area contributed by atoms with Gasteiger partial charge in [-0.3, -0.25) is 4.98 Å². The Hall–Kier alpha value is -1.60. The summed E-state index contributed by atoms with van der Waals surface area (Å²) in [7, 11) is 0. The van der Waals surface area contributed by atoms with Crippen LogP contribution in [0.25, 0.3) is 0 Å². The Labute approximate surface area is 135 Å². The van der Waals surface area contributed by atoms with Gasteiger partial charge < -0.3 is 14.6 Å². The van der Waals surface area contributed by atoms with Gasteiger partial charge >= 0.3 is 6.01 Å². The lowest BCUT2D eigenvalue weighted by Gasteiger charge is -2.17. The minimum absolute atomic E-state index is 0.505. The Morgan fingerprint density at radius 2 is 1.95 bits per heavy atom. The van der Waals surface area contributed by atoms with Crippen molar-refractivity contribution in [2.24, 2.45) is 0 Å². The summed E-state index contributed by atoms with van der Waals surface area (Å²) in [5.41, 5.74) is 0. The highest BCUT2D eigenvalue weighted by molar-refractivity contribution is 7.98. The minimum atomic E-state index is 0.505. The first-order valence-electron chi connectivity index (χ1n) is 7.63. The summed E-state index contributed by atoms with van der Waals surface area (Å²) < 4.78 is 5.58. The summed E-state index contributed by atoms with van der Waals surface area (Å²) in [6.07, 6.45) is 4.61. The molecule has 0 aliphatic rings. The number of pyridine rings is 1. The van der Waals surface area contributed by atoms with Crippen LogP contribution in [0.5, 0.6) is 0 Å². The lowest BCUT2D eigenvalue weighted by Crippen LogP contribution is -2.25. The molecule has 0 radical (unpaired) electrons. The number of anilines is 1. The Morgan fingerprint density at radius 3 is 2.68 bits per heavy atom. The average molecular weight is 321 g/mol. The number of aromatic nitrogens is 3. The van der Waals surface area contributed by atoms with Gasteiger partial charge in [0.15, 0.2) is 0 Å². The van der Waals surface area contributed by atoms with Crippen molar-refractivity contribution in [2.45, 2.75) is 30.9 Å². The monoisotopic (exact) mass is 321 g/mol. The summed E-state index contributed by atoms with van der Waals surface area (Å²) in [6, 6.07) is 4.44. The van der Waals surface area contributed by atoms with Gasteiger partial charge in [-0.1, -0.05) is 18.9 Å². The highest BCUT2D eigenvalue weighted by atomic mass is 32.2. The minimum Gasteiger partial charge on any atom is -0.407 e. The van der Waals surface area contributed by atoms with Gasteiger partial charge in [0.2, 0.25) is 5.89 Å². The van der Waals surface area contributed by atoms with E-state index in [-0.39, 0.29) is 0 Å². The van der Waals surface area contributed by atoms with E-state index in [1.54, 1.807) is 24.2 Å². The van der Waals surface area contributed by atoms with Gasteiger partial charge in [0, 0.05) is 23.8 Å². The Balaban J connectivity index is 1.68. The molecule has 2 aromatic rings. The van der Waals surface area contributed by atoms with Crippen LogP contribution in [-0.2, 0) is 5.75 Å². The van der Waals surface area contributed by atoms with E-state index in [0.29, 0.717) is 17.7 Å². The molecule has 2 rings (SSSR count). The Kier molecular flexibility index (Phi) is 7.18. The van der Waals surface area contributed by atoms with E-state index in [2.05, 4.69) is 39.2 Å². The van der Waals surface area contributed by atoms with E-state index < -0.39 is 0 Å². The van der Waals surface area contributed by atoms with Crippen molar-refractivity contribution in [3.8, 4) is 0 Å². The van der Waals surface area contributed by atoms with Crippen molar-refractivity contribution in [1.29, 1.82) is 0 Å².